The molecule has 2 fully saturated rings. The molecule has 2 aliphatic heterocycles. The van der Waals surface area contributed by atoms with Gasteiger partial charge in [0.2, 0.25) is 0 Å². The smallest absolute Gasteiger partial charge is 0.407 e. The van der Waals surface area contributed by atoms with Gasteiger partial charge in [0.25, 0.3) is 0 Å². The highest BCUT2D eigenvalue weighted by Gasteiger charge is 2.44. The molecular weight excluding hydrogens is 450 g/mol. The van der Waals surface area contributed by atoms with Crippen LogP contribution in [0.15, 0.2) is 91.0 Å². The molecule has 182 valence electrons. The van der Waals surface area contributed by atoms with E-state index in [1.54, 1.807) is 0 Å². The van der Waals surface area contributed by atoms with Crippen molar-refractivity contribution in [1.82, 2.24) is 15.2 Å². The molecule has 36 heavy (non-hydrogen) atoms. The number of nitrogens with zero attached hydrogens (tertiary/aromatic N) is 2. The second-order valence-electron chi connectivity index (χ2n) is 9.63. The average molecular weight is 480 g/mol. The summed E-state index contributed by atoms with van der Waals surface area (Å²) in [5, 5.41) is 3.96. The van der Waals surface area contributed by atoms with Gasteiger partial charge in [-0.1, -0.05) is 66.7 Å². The summed E-state index contributed by atoms with van der Waals surface area (Å²) >= 11 is 0. The number of benzene rings is 3. The van der Waals surface area contributed by atoms with Gasteiger partial charge in [0.1, 0.15) is 18.0 Å². The first-order chi connectivity index (χ1) is 17.7. The highest BCUT2D eigenvalue weighted by molar-refractivity contribution is 5.78. The van der Waals surface area contributed by atoms with Crippen molar-refractivity contribution in [2.45, 2.75) is 31.1 Å². The number of hydrogen-bond acceptors (Lipinski definition) is 5. The van der Waals surface area contributed by atoms with E-state index in [1.165, 1.54) is 11.1 Å². The van der Waals surface area contributed by atoms with Gasteiger partial charge in [0, 0.05) is 31.3 Å². The molecule has 2 saturated heterocycles. The van der Waals surface area contributed by atoms with E-state index in [0.29, 0.717) is 13.2 Å². The molecule has 1 aromatic heterocycles. The lowest BCUT2D eigenvalue weighted by molar-refractivity contribution is -0.00618. The van der Waals surface area contributed by atoms with Gasteiger partial charge < -0.3 is 14.8 Å². The highest BCUT2D eigenvalue weighted by atomic mass is 16.6. The molecule has 4 aromatic rings. The van der Waals surface area contributed by atoms with Crippen molar-refractivity contribution in [3.05, 3.63) is 108 Å². The number of carbonyl (C=O) groups excluding carboxylic acids is 1. The summed E-state index contributed by atoms with van der Waals surface area (Å²) in [5.74, 6) is 0.821. The molecule has 6 heteroatoms. The Morgan fingerprint density at radius 3 is 2.36 bits per heavy atom. The van der Waals surface area contributed by atoms with E-state index in [-0.39, 0.29) is 17.7 Å². The third kappa shape index (κ3) is 4.64. The van der Waals surface area contributed by atoms with Crippen LogP contribution in [0.3, 0.4) is 0 Å². The van der Waals surface area contributed by atoms with Crippen molar-refractivity contribution >= 4 is 17.0 Å². The van der Waals surface area contributed by atoms with Crippen molar-refractivity contribution in [3.8, 4) is 5.75 Å². The average Bonchev–Trinajstić information content (AvgIpc) is 3.29. The van der Waals surface area contributed by atoms with Crippen LogP contribution in [0.4, 0.5) is 4.79 Å². The lowest BCUT2D eigenvalue weighted by atomic mass is 9.88. The first-order valence-electron chi connectivity index (χ1n) is 12.5. The van der Waals surface area contributed by atoms with Crippen LogP contribution in [-0.4, -0.2) is 41.2 Å². The fraction of sp³-hybridized carbons (Fsp3) is 0.267. The van der Waals surface area contributed by atoms with Gasteiger partial charge >= 0.3 is 6.09 Å². The summed E-state index contributed by atoms with van der Waals surface area (Å²) in [6.07, 6.45) is 1.36. The van der Waals surface area contributed by atoms with Crippen LogP contribution >= 0.6 is 0 Å². The van der Waals surface area contributed by atoms with Crippen LogP contribution < -0.4 is 10.1 Å². The Morgan fingerprint density at radius 2 is 1.61 bits per heavy atom. The molecule has 3 aromatic carbocycles. The molecule has 1 unspecified atom stereocenters. The molecule has 1 N–H and O–H groups in total. The van der Waals surface area contributed by atoms with Gasteiger partial charge in [-0.15, -0.1) is 0 Å². The monoisotopic (exact) mass is 479 g/mol. The van der Waals surface area contributed by atoms with E-state index in [4.69, 9.17) is 14.5 Å². The number of carbonyl (C=O) groups is 1. The number of ether oxygens (including phenoxy) is 2. The topological polar surface area (TPSA) is 63.7 Å². The second-order valence-corrected chi connectivity index (χ2v) is 9.63. The molecule has 1 amide bonds. The number of rotatable bonds is 6. The number of amides is 1. The summed E-state index contributed by atoms with van der Waals surface area (Å²) in [6, 6.07) is 31.3. The van der Waals surface area contributed by atoms with Crippen LogP contribution in [0.1, 0.15) is 35.7 Å². The Morgan fingerprint density at radius 1 is 0.889 bits per heavy atom. The largest absolute Gasteiger partial charge is 0.487 e. The van der Waals surface area contributed by atoms with E-state index in [9.17, 15) is 4.79 Å². The lowest BCUT2D eigenvalue weighted by Gasteiger charge is -2.41. The van der Waals surface area contributed by atoms with Crippen molar-refractivity contribution < 1.29 is 14.3 Å². The molecule has 0 aliphatic carbocycles. The normalized spacial score (nSPS) is 18.1. The zero-order valence-electron chi connectivity index (χ0n) is 20.1. The Kier molecular flexibility index (Phi) is 6.03. The van der Waals surface area contributed by atoms with Crippen LogP contribution in [0, 0.1) is 0 Å². The van der Waals surface area contributed by atoms with E-state index >= 15 is 0 Å². The van der Waals surface area contributed by atoms with Gasteiger partial charge in [0.05, 0.1) is 23.8 Å². The minimum Gasteiger partial charge on any atom is -0.487 e. The van der Waals surface area contributed by atoms with Crippen molar-refractivity contribution in [2.24, 2.45) is 0 Å². The Bertz CT molecular complexity index is 1350. The van der Waals surface area contributed by atoms with Crippen molar-refractivity contribution in [3.63, 3.8) is 0 Å². The molecule has 0 saturated carbocycles. The van der Waals surface area contributed by atoms with Gasteiger partial charge in [0.15, 0.2) is 0 Å². The molecule has 0 bridgehead atoms. The van der Waals surface area contributed by atoms with E-state index in [0.717, 1.165) is 48.3 Å². The van der Waals surface area contributed by atoms with Crippen molar-refractivity contribution in [2.75, 3.05) is 19.6 Å². The first kappa shape index (κ1) is 22.6. The van der Waals surface area contributed by atoms with Crippen LogP contribution in [-0.2, 0) is 11.3 Å². The zero-order valence-corrected chi connectivity index (χ0v) is 20.1. The molecule has 1 atom stereocenters. The predicted molar refractivity (Wildman–Crippen MR) is 139 cm³/mol. The number of aromatic nitrogens is 1. The Labute approximate surface area is 210 Å². The molecule has 2 aliphatic rings. The minimum atomic E-state index is -0.358. The number of alkyl carbamates (subject to hydrolysis) is 1. The van der Waals surface area contributed by atoms with Gasteiger partial charge in [-0.25, -0.2) is 9.78 Å². The van der Waals surface area contributed by atoms with Gasteiger partial charge in [-0.2, -0.15) is 0 Å². The number of piperidine rings is 1. The molecular formula is C30H29N3O3. The van der Waals surface area contributed by atoms with Crippen molar-refractivity contribution in [1.29, 1.82) is 0 Å². The quantitative estimate of drug-likeness (QED) is 0.397. The fourth-order valence-electron chi connectivity index (χ4n) is 5.31. The summed E-state index contributed by atoms with van der Waals surface area (Å²) in [7, 11) is 0. The second kappa shape index (κ2) is 9.63. The maximum absolute atomic E-state index is 11.6. The molecule has 0 radical (unpaired) electrons. The summed E-state index contributed by atoms with van der Waals surface area (Å²) in [4.78, 5) is 18.8. The van der Waals surface area contributed by atoms with E-state index in [2.05, 4.69) is 58.7 Å². The Balaban J connectivity index is 1.17. The number of para-hydroxylation sites is 1. The Hall–Kier alpha value is -3.90. The number of fused-ring (bicyclic) bond motifs is 1. The first-order valence-corrected chi connectivity index (χ1v) is 12.5. The van der Waals surface area contributed by atoms with Crippen LogP contribution in [0.5, 0.6) is 5.75 Å². The standard InChI is InChI=1S/C30H29N3O3/c34-29-31-21-30(36-29)16-18-33(19-17-30)28(23-7-2-1-3-8-23)24-11-14-26(15-12-24)35-20-25-13-10-22-6-4-5-9-27(22)32-25/h1-15,28H,16-21H2,(H,31,34). The van der Waals surface area contributed by atoms with Crippen LogP contribution in [0.2, 0.25) is 0 Å². The zero-order chi connectivity index (χ0) is 24.4. The molecule has 6 nitrogen and oxygen atoms in total. The maximum Gasteiger partial charge on any atom is 0.407 e. The number of nitrogens with one attached hydrogen (secondary N) is 1. The summed E-state index contributed by atoms with van der Waals surface area (Å²) < 4.78 is 11.7. The molecule has 3 heterocycles. The fourth-order valence-corrected chi connectivity index (χ4v) is 5.31. The van der Waals surface area contributed by atoms with E-state index < -0.39 is 0 Å². The number of hydrogen-bond donors (Lipinski definition) is 1. The minimum absolute atomic E-state index is 0.129. The SMILES string of the molecule is O=C1NCC2(CCN(C(c3ccccc3)c3ccc(OCc4ccc5ccccc5n4)cc3)CC2)O1. The van der Waals surface area contributed by atoms with Gasteiger partial charge in [-0.3, -0.25) is 4.90 Å². The summed E-state index contributed by atoms with van der Waals surface area (Å²) in [6.45, 7) is 2.75. The highest BCUT2D eigenvalue weighted by Crippen LogP contribution is 2.36. The number of pyridine rings is 1. The maximum atomic E-state index is 11.6. The lowest BCUT2D eigenvalue weighted by Crippen LogP contribution is -2.47. The van der Waals surface area contributed by atoms with E-state index in [1.807, 2.05) is 42.5 Å². The number of likely N-dealkylation sites (tertiary alicyclic amines) is 1. The summed E-state index contributed by atoms with van der Waals surface area (Å²) in [5.41, 5.74) is 4.00. The van der Waals surface area contributed by atoms with Crippen LogP contribution in [0.25, 0.3) is 10.9 Å². The predicted octanol–water partition coefficient (Wildman–Crippen LogP) is 5.48. The molecule has 1 spiro atoms. The third-order valence-corrected chi connectivity index (χ3v) is 7.29. The molecule has 6 rings (SSSR count). The van der Waals surface area contributed by atoms with Gasteiger partial charge in [-0.05, 0) is 35.4 Å². The third-order valence-electron chi connectivity index (χ3n) is 7.29.